The molecule has 0 aromatic heterocycles. The largest absolute Gasteiger partial charge is 0.497 e. The van der Waals surface area contributed by atoms with E-state index >= 15 is 0 Å². The molecule has 0 heterocycles. The zero-order chi connectivity index (χ0) is 15.1. The van der Waals surface area contributed by atoms with Gasteiger partial charge in [0.2, 0.25) is 0 Å². The minimum absolute atomic E-state index is 0.206. The van der Waals surface area contributed by atoms with Crippen LogP contribution in [0, 0.1) is 5.82 Å². The Bertz CT molecular complexity index is 609. The third-order valence-electron chi connectivity index (χ3n) is 2.95. The highest BCUT2D eigenvalue weighted by molar-refractivity contribution is 8.01. The average Bonchev–Trinajstić information content (AvgIpc) is 2.53. The van der Waals surface area contributed by atoms with Crippen LogP contribution < -0.4 is 9.47 Å². The van der Waals surface area contributed by atoms with Gasteiger partial charge >= 0.3 is 0 Å². The van der Waals surface area contributed by atoms with Crippen molar-refractivity contribution in [3.63, 3.8) is 0 Å². The first-order valence-electron chi connectivity index (χ1n) is 6.47. The summed E-state index contributed by atoms with van der Waals surface area (Å²) in [6, 6.07) is 12.2. The lowest BCUT2D eigenvalue weighted by atomic mass is 10.2. The Morgan fingerprint density at radius 1 is 1.05 bits per heavy atom. The van der Waals surface area contributed by atoms with Gasteiger partial charge in [-0.25, -0.2) is 4.39 Å². The van der Waals surface area contributed by atoms with E-state index in [2.05, 4.69) is 0 Å². The topological polar surface area (TPSA) is 18.5 Å². The van der Waals surface area contributed by atoms with Crippen molar-refractivity contribution in [1.29, 1.82) is 0 Å². The summed E-state index contributed by atoms with van der Waals surface area (Å²) in [5.74, 6) is 2.13. The predicted octanol–water partition coefficient (Wildman–Crippen LogP) is 4.75. The van der Waals surface area contributed by atoms with Crippen molar-refractivity contribution in [3.8, 4) is 11.5 Å². The number of ether oxygens (including phenoxy) is 2. The standard InChI is InChI=1S/C17H17FO2S/c1-19-16-8-5-14(17(11-16)20-2)9-10-21-12-13-3-6-15(18)7-4-13/h3-11H,12H2,1-2H3. The second kappa shape index (κ2) is 7.74. The van der Waals surface area contributed by atoms with Crippen LogP contribution in [-0.4, -0.2) is 14.2 Å². The van der Waals surface area contributed by atoms with Gasteiger partial charge in [-0.15, -0.1) is 11.8 Å². The molecule has 0 bridgehead atoms. The van der Waals surface area contributed by atoms with Crippen LogP contribution >= 0.6 is 11.8 Å². The van der Waals surface area contributed by atoms with Crippen LogP contribution in [0.1, 0.15) is 11.1 Å². The maximum absolute atomic E-state index is 12.8. The van der Waals surface area contributed by atoms with Crippen molar-refractivity contribution in [1.82, 2.24) is 0 Å². The third-order valence-corrected chi connectivity index (χ3v) is 3.78. The molecule has 4 heteroatoms. The minimum Gasteiger partial charge on any atom is -0.497 e. The number of halogens is 1. The lowest BCUT2D eigenvalue weighted by Gasteiger charge is -2.07. The molecule has 2 rings (SSSR count). The van der Waals surface area contributed by atoms with Gasteiger partial charge < -0.3 is 9.47 Å². The van der Waals surface area contributed by atoms with Crippen LogP contribution in [0.25, 0.3) is 6.08 Å². The van der Waals surface area contributed by atoms with Gasteiger partial charge in [0.25, 0.3) is 0 Å². The second-order valence-electron chi connectivity index (χ2n) is 4.35. The van der Waals surface area contributed by atoms with Crippen LogP contribution in [0.3, 0.4) is 0 Å². The van der Waals surface area contributed by atoms with E-state index in [1.165, 1.54) is 12.1 Å². The molecule has 2 aromatic rings. The average molecular weight is 304 g/mol. The third kappa shape index (κ3) is 4.53. The first kappa shape index (κ1) is 15.4. The zero-order valence-corrected chi connectivity index (χ0v) is 12.8. The van der Waals surface area contributed by atoms with Crippen molar-refractivity contribution >= 4 is 17.8 Å². The molecule has 0 radical (unpaired) electrons. The number of hydrogen-bond donors (Lipinski definition) is 0. The lowest BCUT2D eigenvalue weighted by Crippen LogP contribution is -1.89. The summed E-state index contributed by atoms with van der Waals surface area (Å²) < 4.78 is 23.3. The number of rotatable bonds is 6. The van der Waals surface area contributed by atoms with Crippen LogP contribution in [0.4, 0.5) is 4.39 Å². The smallest absolute Gasteiger partial charge is 0.129 e. The van der Waals surface area contributed by atoms with E-state index in [0.29, 0.717) is 0 Å². The van der Waals surface area contributed by atoms with Gasteiger partial charge in [0.1, 0.15) is 17.3 Å². The van der Waals surface area contributed by atoms with Gasteiger partial charge in [-0.3, -0.25) is 0 Å². The molecule has 2 nitrogen and oxygen atoms in total. The van der Waals surface area contributed by atoms with Crippen molar-refractivity contribution < 1.29 is 13.9 Å². The van der Waals surface area contributed by atoms with Crippen molar-refractivity contribution in [2.45, 2.75) is 5.75 Å². The maximum atomic E-state index is 12.8. The fourth-order valence-corrected chi connectivity index (χ4v) is 2.53. The maximum Gasteiger partial charge on any atom is 0.129 e. The van der Waals surface area contributed by atoms with Crippen LogP contribution in [0.5, 0.6) is 11.5 Å². The van der Waals surface area contributed by atoms with Gasteiger partial charge in [0.15, 0.2) is 0 Å². The highest BCUT2D eigenvalue weighted by Crippen LogP contribution is 2.26. The Balaban J connectivity index is 1.96. The monoisotopic (exact) mass is 304 g/mol. The van der Waals surface area contributed by atoms with Gasteiger partial charge in [-0.2, -0.15) is 0 Å². The molecule has 0 N–H and O–H groups in total. The normalized spacial score (nSPS) is 10.8. The first-order valence-corrected chi connectivity index (χ1v) is 7.52. The highest BCUT2D eigenvalue weighted by Gasteiger charge is 2.01. The van der Waals surface area contributed by atoms with Gasteiger partial charge in [0.05, 0.1) is 14.2 Å². The van der Waals surface area contributed by atoms with Gasteiger partial charge in [-0.05, 0) is 41.3 Å². The number of methoxy groups -OCH3 is 2. The summed E-state index contributed by atoms with van der Waals surface area (Å²) in [6.07, 6.45) is 1.99. The zero-order valence-electron chi connectivity index (χ0n) is 12.0. The second-order valence-corrected chi connectivity index (χ2v) is 5.24. The van der Waals surface area contributed by atoms with Crippen molar-refractivity contribution in [2.75, 3.05) is 14.2 Å². The summed E-state index contributed by atoms with van der Waals surface area (Å²) in [6.45, 7) is 0. The fourth-order valence-electron chi connectivity index (χ4n) is 1.80. The molecule has 0 unspecified atom stereocenters. The van der Waals surface area contributed by atoms with E-state index in [9.17, 15) is 4.39 Å². The predicted molar refractivity (Wildman–Crippen MR) is 86.3 cm³/mol. The molecule has 0 fully saturated rings. The SMILES string of the molecule is COc1ccc(C=CSCc2ccc(F)cc2)c(OC)c1. The fraction of sp³-hybridized carbons (Fsp3) is 0.176. The van der Waals surface area contributed by atoms with E-state index in [4.69, 9.17) is 9.47 Å². The summed E-state index contributed by atoms with van der Waals surface area (Å²) in [7, 11) is 3.26. The Kier molecular flexibility index (Phi) is 5.69. The molecular weight excluding hydrogens is 287 g/mol. The van der Waals surface area contributed by atoms with E-state index < -0.39 is 0 Å². The van der Waals surface area contributed by atoms with E-state index in [1.54, 1.807) is 38.1 Å². The molecule has 21 heavy (non-hydrogen) atoms. The summed E-state index contributed by atoms with van der Waals surface area (Å²) in [4.78, 5) is 0. The quantitative estimate of drug-likeness (QED) is 0.767. The molecule has 0 saturated carbocycles. The summed E-state index contributed by atoms with van der Waals surface area (Å²) in [5.41, 5.74) is 2.08. The molecule has 0 atom stereocenters. The Morgan fingerprint density at radius 3 is 2.48 bits per heavy atom. The van der Waals surface area contributed by atoms with Crippen molar-refractivity contribution in [3.05, 3.63) is 64.8 Å². The van der Waals surface area contributed by atoms with E-state index in [1.807, 2.05) is 29.7 Å². The molecule has 0 aliphatic heterocycles. The number of hydrogen-bond acceptors (Lipinski definition) is 3. The first-order chi connectivity index (χ1) is 10.2. The minimum atomic E-state index is -0.206. The molecular formula is C17H17FO2S. The molecule has 2 aromatic carbocycles. The van der Waals surface area contributed by atoms with E-state index in [0.717, 1.165) is 28.4 Å². The van der Waals surface area contributed by atoms with Crippen LogP contribution in [0.15, 0.2) is 47.9 Å². The summed E-state index contributed by atoms with van der Waals surface area (Å²) >= 11 is 1.65. The Morgan fingerprint density at radius 2 is 1.81 bits per heavy atom. The molecule has 0 amide bonds. The Labute approximate surface area is 128 Å². The highest BCUT2D eigenvalue weighted by atomic mass is 32.2. The molecule has 0 aliphatic rings. The Hall–Kier alpha value is -1.94. The number of benzene rings is 2. The molecule has 110 valence electrons. The summed E-state index contributed by atoms with van der Waals surface area (Å²) in [5, 5.41) is 2.01. The van der Waals surface area contributed by atoms with Crippen molar-refractivity contribution in [2.24, 2.45) is 0 Å². The van der Waals surface area contributed by atoms with Gasteiger partial charge in [0, 0.05) is 17.4 Å². The van der Waals surface area contributed by atoms with E-state index in [-0.39, 0.29) is 5.82 Å². The molecule has 0 saturated heterocycles. The molecule has 0 aliphatic carbocycles. The lowest BCUT2D eigenvalue weighted by molar-refractivity contribution is 0.394. The van der Waals surface area contributed by atoms with Crippen LogP contribution in [-0.2, 0) is 5.75 Å². The van der Waals surface area contributed by atoms with Crippen LogP contribution in [0.2, 0.25) is 0 Å². The molecule has 0 spiro atoms. The van der Waals surface area contributed by atoms with Gasteiger partial charge in [-0.1, -0.05) is 12.1 Å². The number of thioether (sulfide) groups is 1.